The van der Waals surface area contributed by atoms with Crippen molar-refractivity contribution in [2.45, 2.75) is 40.3 Å². The first-order chi connectivity index (χ1) is 8.97. The predicted molar refractivity (Wildman–Crippen MR) is 83.6 cm³/mol. The van der Waals surface area contributed by atoms with Gasteiger partial charge in [-0.1, -0.05) is 15.9 Å². The van der Waals surface area contributed by atoms with Crippen molar-refractivity contribution in [2.75, 3.05) is 5.32 Å². The van der Waals surface area contributed by atoms with Crippen LogP contribution in [0.5, 0.6) is 0 Å². The van der Waals surface area contributed by atoms with Crippen LogP contribution in [0.1, 0.15) is 36.6 Å². The van der Waals surface area contributed by atoms with Crippen molar-refractivity contribution in [3.05, 3.63) is 45.7 Å². The van der Waals surface area contributed by atoms with Crippen LogP contribution < -0.4 is 5.32 Å². The Morgan fingerprint density at radius 1 is 1.26 bits per heavy atom. The molecule has 4 heteroatoms. The van der Waals surface area contributed by atoms with Crippen LogP contribution in [0.3, 0.4) is 0 Å². The molecule has 0 aliphatic rings. The minimum atomic E-state index is 0.408. The van der Waals surface area contributed by atoms with Crippen molar-refractivity contribution < 1.29 is 0 Å². The summed E-state index contributed by atoms with van der Waals surface area (Å²) in [5, 5.41) is 7.79. The highest BCUT2D eigenvalue weighted by atomic mass is 79.9. The molecule has 3 nitrogen and oxygen atoms in total. The molecule has 1 heterocycles. The highest BCUT2D eigenvalue weighted by molar-refractivity contribution is 9.10. The van der Waals surface area contributed by atoms with Gasteiger partial charge in [0, 0.05) is 34.5 Å². The summed E-state index contributed by atoms with van der Waals surface area (Å²) < 4.78 is 3.17. The predicted octanol–water partition coefficient (Wildman–Crippen LogP) is 4.46. The molecule has 1 aromatic carbocycles. The van der Waals surface area contributed by atoms with Gasteiger partial charge in [-0.25, -0.2) is 0 Å². The largest absolute Gasteiger partial charge is 0.381 e. The third-order valence-electron chi connectivity index (χ3n) is 3.12. The molecule has 0 aliphatic heterocycles. The van der Waals surface area contributed by atoms with E-state index in [0.717, 1.165) is 12.2 Å². The van der Waals surface area contributed by atoms with Crippen LogP contribution in [0.2, 0.25) is 0 Å². The van der Waals surface area contributed by atoms with Gasteiger partial charge in [0.15, 0.2) is 0 Å². The zero-order chi connectivity index (χ0) is 14.0. The summed E-state index contributed by atoms with van der Waals surface area (Å²) in [6.07, 6.45) is 4.02. The van der Waals surface area contributed by atoms with Crippen LogP contribution in [0, 0.1) is 13.8 Å². The first kappa shape index (κ1) is 14.1. The number of aryl methyl sites for hydroxylation is 2. The molecule has 1 aromatic heterocycles. The van der Waals surface area contributed by atoms with Gasteiger partial charge >= 0.3 is 0 Å². The van der Waals surface area contributed by atoms with E-state index >= 15 is 0 Å². The van der Waals surface area contributed by atoms with Gasteiger partial charge in [0.1, 0.15) is 0 Å². The molecule has 102 valence electrons. The van der Waals surface area contributed by atoms with Gasteiger partial charge in [0.25, 0.3) is 0 Å². The molecule has 0 spiro atoms. The van der Waals surface area contributed by atoms with Crippen LogP contribution in [0.4, 0.5) is 5.69 Å². The smallest absolute Gasteiger partial charge is 0.0539 e. The fourth-order valence-corrected chi connectivity index (χ4v) is 2.23. The Kier molecular flexibility index (Phi) is 4.30. The van der Waals surface area contributed by atoms with Crippen molar-refractivity contribution in [2.24, 2.45) is 0 Å². The third kappa shape index (κ3) is 3.38. The highest BCUT2D eigenvalue weighted by Gasteiger charge is 2.04. The van der Waals surface area contributed by atoms with Crippen LogP contribution in [-0.2, 0) is 6.54 Å². The summed E-state index contributed by atoms with van der Waals surface area (Å²) in [7, 11) is 0. The molecule has 19 heavy (non-hydrogen) atoms. The zero-order valence-electron chi connectivity index (χ0n) is 11.9. The standard InChI is InChI=1S/C15H20BrN3/c1-10(2)19-9-13(8-18-19)7-17-14-5-11(3)15(16)12(4)6-14/h5-6,8-10,17H,7H2,1-4H3. The lowest BCUT2D eigenvalue weighted by Crippen LogP contribution is -2.01. The van der Waals surface area contributed by atoms with Crippen LogP contribution >= 0.6 is 15.9 Å². The molecule has 0 fully saturated rings. The Balaban J connectivity index is 2.06. The highest BCUT2D eigenvalue weighted by Crippen LogP contribution is 2.25. The van der Waals surface area contributed by atoms with E-state index in [4.69, 9.17) is 0 Å². The van der Waals surface area contributed by atoms with Gasteiger partial charge < -0.3 is 5.32 Å². The quantitative estimate of drug-likeness (QED) is 0.901. The Morgan fingerprint density at radius 2 is 1.89 bits per heavy atom. The van der Waals surface area contributed by atoms with E-state index in [-0.39, 0.29) is 0 Å². The van der Waals surface area contributed by atoms with Crippen molar-refractivity contribution in [1.82, 2.24) is 9.78 Å². The van der Waals surface area contributed by atoms with E-state index < -0.39 is 0 Å². The topological polar surface area (TPSA) is 29.9 Å². The molecule has 0 unspecified atom stereocenters. The molecule has 0 radical (unpaired) electrons. The lowest BCUT2D eigenvalue weighted by molar-refractivity contribution is 0.532. The van der Waals surface area contributed by atoms with Crippen molar-refractivity contribution in [3.63, 3.8) is 0 Å². The maximum absolute atomic E-state index is 4.35. The van der Waals surface area contributed by atoms with E-state index in [1.54, 1.807) is 0 Å². The first-order valence-electron chi connectivity index (χ1n) is 6.51. The van der Waals surface area contributed by atoms with Gasteiger partial charge in [-0.3, -0.25) is 4.68 Å². The van der Waals surface area contributed by atoms with Crippen LogP contribution in [-0.4, -0.2) is 9.78 Å². The lowest BCUT2D eigenvalue weighted by atomic mass is 10.1. The lowest BCUT2D eigenvalue weighted by Gasteiger charge is -2.10. The van der Waals surface area contributed by atoms with Crippen molar-refractivity contribution in [1.29, 1.82) is 0 Å². The maximum atomic E-state index is 4.35. The Bertz CT molecular complexity index is 550. The monoisotopic (exact) mass is 321 g/mol. The van der Waals surface area contributed by atoms with Crippen molar-refractivity contribution >= 4 is 21.6 Å². The number of benzene rings is 1. The summed E-state index contributed by atoms with van der Waals surface area (Å²) in [6.45, 7) is 9.28. The molecule has 0 amide bonds. The molecule has 0 aliphatic carbocycles. The van der Waals surface area contributed by atoms with Gasteiger partial charge in [-0.2, -0.15) is 5.10 Å². The van der Waals surface area contributed by atoms with Gasteiger partial charge in [-0.05, 0) is 51.0 Å². The number of hydrogen-bond acceptors (Lipinski definition) is 2. The fraction of sp³-hybridized carbons (Fsp3) is 0.400. The maximum Gasteiger partial charge on any atom is 0.0539 e. The number of aromatic nitrogens is 2. The molecule has 0 saturated carbocycles. The van der Waals surface area contributed by atoms with Gasteiger partial charge in [0.05, 0.1) is 6.20 Å². The molecule has 1 N–H and O–H groups in total. The number of halogens is 1. The molecule has 0 bridgehead atoms. The Labute approximate surface area is 123 Å². The van der Waals surface area contributed by atoms with Crippen LogP contribution in [0.25, 0.3) is 0 Å². The second-order valence-corrected chi connectivity index (χ2v) is 5.99. The molecule has 2 aromatic rings. The zero-order valence-corrected chi connectivity index (χ0v) is 13.5. The minimum Gasteiger partial charge on any atom is -0.381 e. The number of nitrogens with one attached hydrogen (secondary N) is 1. The second-order valence-electron chi connectivity index (χ2n) is 5.20. The summed E-state index contributed by atoms with van der Waals surface area (Å²) in [5.74, 6) is 0. The molecular formula is C15H20BrN3. The Hall–Kier alpha value is -1.29. The summed E-state index contributed by atoms with van der Waals surface area (Å²) in [6, 6.07) is 4.72. The molecule has 2 rings (SSSR count). The van der Waals surface area contributed by atoms with Gasteiger partial charge in [0.2, 0.25) is 0 Å². The van der Waals surface area contributed by atoms with Gasteiger partial charge in [-0.15, -0.1) is 0 Å². The van der Waals surface area contributed by atoms with E-state index in [0.29, 0.717) is 6.04 Å². The number of anilines is 1. The summed E-state index contributed by atoms with van der Waals surface area (Å²) >= 11 is 3.59. The van der Waals surface area contributed by atoms with E-state index in [1.807, 2.05) is 10.9 Å². The Morgan fingerprint density at radius 3 is 2.42 bits per heavy atom. The second kappa shape index (κ2) is 5.78. The number of hydrogen-bond donors (Lipinski definition) is 1. The van der Waals surface area contributed by atoms with Crippen LogP contribution in [0.15, 0.2) is 29.0 Å². The first-order valence-corrected chi connectivity index (χ1v) is 7.30. The molecule has 0 saturated heterocycles. The molecule has 0 atom stereocenters. The minimum absolute atomic E-state index is 0.408. The van der Waals surface area contributed by atoms with E-state index in [9.17, 15) is 0 Å². The average Bonchev–Trinajstić information content (AvgIpc) is 2.82. The fourth-order valence-electron chi connectivity index (χ4n) is 2.00. The normalized spacial score (nSPS) is 11.1. The number of rotatable bonds is 4. The third-order valence-corrected chi connectivity index (χ3v) is 4.37. The molecular weight excluding hydrogens is 302 g/mol. The summed E-state index contributed by atoms with van der Waals surface area (Å²) in [4.78, 5) is 0. The van der Waals surface area contributed by atoms with E-state index in [2.05, 4.69) is 72.4 Å². The van der Waals surface area contributed by atoms with E-state index in [1.165, 1.54) is 21.2 Å². The number of nitrogens with zero attached hydrogens (tertiary/aromatic N) is 2. The SMILES string of the molecule is Cc1cc(NCc2cnn(C(C)C)c2)cc(C)c1Br. The van der Waals surface area contributed by atoms with Crippen molar-refractivity contribution in [3.8, 4) is 0 Å². The summed E-state index contributed by atoms with van der Waals surface area (Å²) in [5.41, 5.74) is 4.85. The average molecular weight is 322 g/mol.